The maximum Gasteiger partial charge on any atom is 0.247 e. The normalized spacial score (nSPS) is 12.2. The van der Waals surface area contributed by atoms with E-state index in [0.717, 1.165) is 35.3 Å². The van der Waals surface area contributed by atoms with E-state index in [0.29, 0.717) is 11.8 Å². The fraction of sp³-hybridized carbons (Fsp3) is 0.273. The van der Waals surface area contributed by atoms with Crippen LogP contribution in [0.4, 0.5) is 0 Å². The van der Waals surface area contributed by atoms with Crippen molar-refractivity contribution in [1.82, 2.24) is 25.1 Å². The summed E-state index contributed by atoms with van der Waals surface area (Å²) in [6.07, 6.45) is 1.78. The van der Waals surface area contributed by atoms with Crippen molar-refractivity contribution in [2.45, 2.75) is 39.3 Å². The van der Waals surface area contributed by atoms with Crippen LogP contribution in [0.15, 0.2) is 59.0 Å². The number of imidazole rings is 1. The summed E-state index contributed by atoms with van der Waals surface area (Å²) in [6, 6.07) is 17.0. The number of benzene rings is 2. The van der Waals surface area contributed by atoms with Gasteiger partial charge in [-0.25, -0.2) is 4.98 Å². The number of hydrogen-bond donors (Lipinski definition) is 1. The average molecular weight is 389 g/mol. The summed E-state index contributed by atoms with van der Waals surface area (Å²) >= 11 is 0. The third-order valence-corrected chi connectivity index (χ3v) is 4.81. The number of rotatable bonds is 7. The molecule has 0 spiro atoms. The number of aryl methyl sites for hydroxylation is 1. The van der Waals surface area contributed by atoms with E-state index >= 15 is 0 Å². The van der Waals surface area contributed by atoms with Crippen LogP contribution in [0.5, 0.6) is 0 Å². The summed E-state index contributed by atoms with van der Waals surface area (Å²) in [5, 5.41) is 11.0. The Kier molecular flexibility index (Phi) is 5.37. The van der Waals surface area contributed by atoms with Crippen molar-refractivity contribution in [1.29, 1.82) is 0 Å². The Balaban J connectivity index is 1.49. The van der Waals surface area contributed by atoms with Crippen LogP contribution >= 0.6 is 0 Å². The van der Waals surface area contributed by atoms with Gasteiger partial charge in [0.2, 0.25) is 17.7 Å². The van der Waals surface area contributed by atoms with Gasteiger partial charge in [0.25, 0.3) is 0 Å². The van der Waals surface area contributed by atoms with E-state index in [2.05, 4.69) is 22.4 Å². The van der Waals surface area contributed by atoms with Crippen LogP contribution in [0, 0.1) is 0 Å². The maximum atomic E-state index is 12.8. The van der Waals surface area contributed by atoms with E-state index in [1.807, 2.05) is 66.1 Å². The Morgan fingerprint density at radius 3 is 2.66 bits per heavy atom. The van der Waals surface area contributed by atoms with E-state index in [9.17, 15) is 4.79 Å². The van der Waals surface area contributed by atoms with Crippen molar-refractivity contribution in [3.8, 4) is 11.5 Å². The molecule has 0 radical (unpaired) electrons. The van der Waals surface area contributed by atoms with Crippen LogP contribution < -0.4 is 5.32 Å². The summed E-state index contributed by atoms with van der Waals surface area (Å²) in [6.45, 7) is 4.17. The van der Waals surface area contributed by atoms with E-state index in [4.69, 9.17) is 9.40 Å². The fourth-order valence-corrected chi connectivity index (χ4v) is 3.38. The van der Waals surface area contributed by atoms with Gasteiger partial charge in [0.05, 0.1) is 17.6 Å². The molecule has 2 aromatic heterocycles. The van der Waals surface area contributed by atoms with Gasteiger partial charge in [-0.1, -0.05) is 37.3 Å². The zero-order valence-corrected chi connectivity index (χ0v) is 16.5. The topological polar surface area (TPSA) is 85.8 Å². The van der Waals surface area contributed by atoms with E-state index in [-0.39, 0.29) is 12.5 Å². The Morgan fingerprint density at radius 2 is 1.86 bits per heavy atom. The predicted octanol–water partition coefficient (Wildman–Crippen LogP) is 3.92. The number of fused-ring (bicyclic) bond motifs is 1. The van der Waals surface area contributed by atoms with Gasteiger partial charge >= 0.3 is 0 Å². The molecule has 0 fully saturated rings. The number of aromatic nitrogens is 4. The van der Waals surface area contributed by atoms with Crippen LogP contribution in [-0.4, -0.2) is 25.7 Å². The highest BCUT2D eigenvalue weighted by atomic mass is 16.4. The molecule has 0 saturated heterocycles. The first-order chi connectivity index (χ1) is 14.2. The lowest BCUT2D eigenvalue weighted by atomic mass is 10.2. The van der Waals surface area contributed by atoms with Crippen LogP contribution in [0.3, 0.4) is 0 Å². The van der Waals surface area contributed by atoms with Gasteiger partial charge in [0.15, 0.2) is 0 Å². The zero-order chi connectivity index (χ0) is 20.2. The number of hydrogen-bond acceptors (Lipinski definition) is 5. The summed E-state index contributed by atoms with van der Waals surface area (Å²) < 4.78 is 7.68. The van der Waals surface area contributed by atoms with Gasteiger partial charge in [-0.15, -0.1) is 10.2 Å². The number of carbonyl (C=O) groups excluding carboxylic acids is 1. The first-order valence-electron chi connectivity index (χ1n) is 9.78. The molecule has 148 valence electrons. The number of nitrogens with zero attached hydrogens (tertiary/aromatic N) is 4. The highest BCUT2D eigenvalue weighted by Crippen LogP contribution is 2.22. The van der Waals surface area contributed by atoms with Gasteiger partial charge in [-0.05, 0) is 37.6 Å². The predicted molar refractivity (Wildman–Crippen MR) is 110 cm³/mol. The Morgan fingerprint density at radius 1 is 1.10 bits per heavy atom. The van der Waals surface area contributed by atoms with Crippen molar-refractivity contribution >= 4 is 16.9 Å². The van der Waals surface area contributed by atoms with Gasteiger partial charge in [0.1, 0.15) is 11.9 Å². The Labute approximate surface area is 168 Å². The molecule has 1 amide bonds. The minimum absolute atomic E-state index is 0.120. The molecule has 2 aromatic carbocycles. The second kappa shape index (κ2) is 8.26. The number of nitrogens with one attached hydrogen (secondary N) is 1. The van der Waals surface area contributed by atoms with Crippen molar-refractivity contribution in [3.05, 3.63) is 66.3 Å². The smallest absolute Gasteiger partial charge is 0.247 e. The first-order valence-corrected chi connectivity index (χ1v) is 9.78. The molecule has 0 aliphatic heterocycles. The molecule has 4 aromatic rings. The lowest BCUT2D eigenvalue weighted by Crippen LogP contribution is -2.31. The quantitative estimate of drug-likeness (QED) is 0.518. The Hall–Kier alpha value is -3.48. The molecular formula is C22H23N5O2. The summed E-state index contributed by atoms with van der Waals surface area (Å²) in [5.41, 5.74) is 2.71. The number of para-hydroxylation sites is 2. The van der Waals surface area contributed by atoms with Gasteiger partial charge in [-0.3, -0.25) is 4.79 Å². The third kappa shape index (κ3) is 3.89. The van der Waals surface area contributed by atoms with E-state index in [1.54, 1.807) is 0 Å². The number of amides is 1. The van der Waals surface area contributed by atoms with Gasteiger partial charge in [0, 0.05) is 12.0 Å². The van der Waals surface area contributed by atoms with Crippen LogP contribution in [-0.2, 0) is 17.8 Å². The fourth-order valence-electron chi connectivity index (χ4n) is 3.38. The minimum Gasteiger partial charge on any atom is -0.419 e. The van der Waals surface area contributed by atoms with Crippen LogP contribution in [0.2, 0.25) is 0 Å². The second-order valence-electron chi connectivity index (χ2n) is 6.90. The summed E-state index contributed by atoms with van der Waals surface area (Å²) in [5.74, 6) is 1.60. The van der Waals surface area contributed by atoms with E-state index < -0.39 is 6.04 Å². The van der Waals surface area contributed by atoms with Crippen molar-refractivity contribution in [2.24, 2.45) is 0 Å². The molecule has 7 nitrogen and oxygen atoms in total. The molecule has 29 heavy (non-hydrogen) atoms. The molecular weight excluding hydrogens is 366 g/mol. The molecule has 0 unspecified atom stereocenters. The van der Waals surface area contributed by atoms with Crippen molar-refractivity contribution < 1.29 is 9.21 Å². The molecule has 4 rings (SSSR count). The number of carbonyl (C=O) groups is 1. The average Bonchev–Trinajstić information content (AvgIpc) is 3.37. The molecule has 1 atom stereocenters. The van der Waals surface area contributed by atoms with Gasteiger partial charge < -0.3 is 14.3 Å². The van der Waals surface area contributed by atoms with Crippen LogP contribution in [0.1, 0.15) is 38.0 Å². The zero-order valence-electron chi connectivity index (χ0n) is 16.5. The molecule has 0 bridgehead atoms. The second-order valence-corrected chi connectivity index (χ2v) is 6.90. The van der Waals surface area contributed by atoms with E-state index in [1.165, 1.54) is 0 Å². The van der Waals surface area contributed by atoms with Crippen molar-refractivity contribution in [3.63, 3.8) is 0 Å². The molecule has 0 saturated carbocycles. The summed E-state index contributed by atoms with van der Waals surface area (Å²) in [7, 11) is 0. The highest BCUT2D eigenvalue weighted by molar-refractivity contribution is 5.84. The lowest BCUT2D eigenvalue weighted by Gasteiger charge is -2.17. The summed E-state index contributed by atoms with van der Waals surface area (Å²) in [4.78, 5) is 17.5. The molecule has 7 heteroatoms. The molecule has 2 heterocycles. The molecule has 0 aliphatic carbocycles. The maximum absolute atomic E-state index is 12.8. The third-order valence-electron chi connectivity index (χ3n) is 4.81. The minimum atomic E-state index is -0.402. The van der Waals surface area contributed by atoms with Crippen LogP contribution in [0.25, 0.3) is 22.5 Å². The Bertz CT molecular complexity index is 1120. The molecule has 0 aliphatic rings. The first kappa shape index (κ1) is 18.9. The standard InChI is InChI=1S/C22H23N5O2/c1-3-9-19-24-17-12-7-8-13-18(17)27(19)15(2)21(28)23-14-20-25-26-22(29-20)16-10-5-4-6-11-16/h4-8,10-13,15H,3,9,14H2,1-2H3,(H,23,28)/t15-/m1/s1. The highest BCUT2D eigenvalue weighted by Gasteiger charge is 2.21. The lowest BCUT2D eigenvalue weighted by molar-refractivity contribution is -0.124. The van der Waals surface area contributed by atoms with Crippen molar-refractivity contribution in [2.75, 3.05) is 0 Å². The largest absolute Gasteiger partial charge is 0.419 e. The molecule has 1 N–H and O–H groups in total. The monoisotopic (exact) mass is 389 g/mol. The SMILES string of the molecule is CCCc1nc2ccccc2n1[C@H](C)C(=O)NCc1nnc(-c2ccccc2)o1. The van der Waals surface area contributed by atoms with Gasteiger partial charge in [-0.2, -0.15) is 0 Å².